The van der Waals surface area contributed by atoms with E-state index in [0.717, 1.165) is 0 Å². The normalized spacial score (nSPS) is 11.1. The second-order valence-electron chi connectivity index (χ2n) is 6.69. The van der Waals surface area contributed by atoms with Crippen LogP contribution in [0, 0.1) is 0 Å². The summed E-state index contributed by atoms with van der Waals surface area (Å²) in [5.74, 6) is -0.0446. The quantitative estimate of drug-likeness (QED) is 0.480. The highest BCUT2D eigenvalue weighted by molar-refractivity contribution is 5.90. The number of aromatic nitrogens is 6. The summed E-state index contributed by atoms with van der Waals surface area (Å²) in [5, 5.41) is 12.4. The van der Waals surface area contributed by atoms with Crippen molar-refractivity contribution in [3.05, 3.63) is 76.3 Å². The fourth-order valence-electron chi connectivity index (χ4n) is 2.82. The molecule has 0 aliphatic rings. The van der Waals surface area contributed by atoms with Gasteiger partial charge in [-0.15, -0.1) is 10.2 Å². The molecule has 3 heterocycles. The topological polar surface area (TPSA) is 104 Å². The van der Waals surface area contributed by atoms with Crippen molar-refractivity contribution >= 4 is 11.6 Å². The molecule has 9 nitrogen and oxygen atoms in total. The largest absolute Gasteiger partial charge is 0.459 e. The SMILES string of the molecule is CC(C)OC(=O)c1cccc(-c2nnn(Cc3cc(=O)n4ccccc4n3)n2)c1. The number of esters is 1. The van der Waals surface area contributed by atoms with Gasteiger partial charge in [0, 0.05) is 17.8 Å². The Hall–Kier alpha value is -3.88. The first-order valence-electron chi connectivity index (χ1n) is 9.06. The third kappa shape index (κ3) is 4.03. The van der Waals surface area contributed by atoms with Crippen molar-refractivity contribution in [2.75, 3.05) is 0 Å². The highest BCUT2D eigenvalue weighted by atomic mass is 16.5. The van der Waals surface area contributed by atoms with Crippen LogP contribution in [0.5, 0.6) is 0 Å². The van der Waals surface area contributed by atoms with E-state index in [1.165, 1.54) is 15.3 Å². The van der Waals surface area contributed by atoms with Crippen LogP contribution in [0.4, 0.5) is 0 Å². The molecule has 3 aromatic heterocycles. The van der Waals surface area contributed by atoms with Gasteiger partial charge in [-0.2, -0.15) is 4.80 Å². The van der Waals surface area contributed by atoms with Gasteiger partial charge in [0.05, 0.1) is 17.4 Å². The summed E-state index contributed by atoms with van der Waals surface area (Å²) in [6, 6.07) is 13.6. The summed E-state index contributed by atoms with van der Waals surface area (Å²) in [4.78, 5) is 30.1. The second-order valence-corrected chi connectivity index (χ2v) is 6.69. The Morgan fingerprint density at radius 3 is 2.83 bits per heavy atom. The van der Waals surface area contributed by atoms with E-state index in [2.05, 4.69) is 20.4 Å². The minimum Gasteiger partial charge on any atom is -0.459 e. The van der Waals surface area contributed by atoms with E-state index in [4.69, 9.17) is 4.74 Å². The molecular weight excluding hydrogens is 372 g/mol. The van der Waals surface area contributed by atoms with Crippen LogP contribution in [0.15, 0.2) is 59.5 Å². The van der Waals surface area contributed by atoms with Gasteiger partial charge < -0.3 is 4.74 Å². The van der Waals surface area contributed by atoms with Crippen molar-refractivity contribution in [2.24, 2.45) is 0 Å². The molecule has 0 radical (unpaired) electrons. The van der Waals surface area contributed by atoms with E-state index < -0.39 is 5.97 Å². The predicted molar refractivity (Wildman–Crippen MR) is 104 cm³/mol. The fraction of sp³-hybridized carbons (Fsp3) is 0.200. The number of fused-ring (bicyclic) bond motifs is 1. The molecule has 0 saturated carbocycles. The van der Waals surface area contributed by atoms with Gasteiger partial charge in [0.1, 0.15) is 12.2 Å². The summed E-state index contributed by atoms with van der Waals surface area (Å²) >= 11 is 0. The Morgan fingerprint density at radius 2 is 2.00 bits per heavy atom. The average molecular weight is 390 g/mol. The third-order valence-corrected chi connectivity index (χ3v) is 4.08. The van der Waals surface area contributed by atoms with E-state index in [1.807, 2.05) is 6.07 Å². The lowest BCUT2D eigenvalue weighted by Gasteiger charge is -2.08. The van der Waals surface area contributed by atoms with Gasteiger partial charge in [0.2, 0.25) is 5.82 Å². The Bertz CT molecular complexity index is 1240. The van der Waals surface area contributed by atoms with Gasteiger partial charge in [-0.05, 0) is 43.3 Å². The van der Waals surface area contributed by atoms with Crippen LogP contribution in [-0.4, -0.2) is 41.7 Å². The van der Waals surface area contributed by atoms with Crippen molar-refractivity contribution in [2.45, 2.75) is 26.5 Å². The number of ether oxygens (including phenoxy) is 1. The Balaban J connectivity index is 1.58. The lowest BCUT2D eigenvalue weighted by Crippen LogP contribution is -2.17. The number of rotatable bonds is 5. The Morgan fingerprint density at radius 1 is 1.14 bits per heavy atom. The molecule has 9 heteroatoms. The molecule has 0 unspecified atom stereocenters. The molecule has 29 heavy (non-hydrogen) atoms. The smallest absolute Gasteiger partial charge is 0.338 e. The first-order valence-corrected chi connectivity index (χ1v) is 9.06. The maximum Gasteiger partial charge on any atom is 0.338 e. The number of nitrogens with zero attached hydrogens (tertiary/aromatic N) is 6. The van der Waals surface area contributed by atoms with Gasteiger partial charge in [0.25, 0.3) is 5.56 Å². The minimum atomic E-state index is -0.407. The Labute approximate surface area is 165 Å². The van der Waals surface area contributed by atoms with Crippen LogP contribution in [-0.2, 0) is 11.3 Å². The molecule has 0 fully saturated rings. The number of hydrogen-bond donors (Lipinski definition) is 0. The first kappa shape index (κ1) is 18.5. The molecule has 0 saturated heterocycles. The summed E-state index contributed by atoms with van der Waals surface area (Å²) < 4.78 is 6.68. The van der Waals surface area contributed by atoms with Gasteiger partial charge in [-0.3, -0.25) is 9.20 Å². The zero-order valence-corrected chi connectivity index (χ0v) is 15.9. The van der Waals surface area contributed by atoms with Crippen molar-refractivity contribution in [3.63, 3.8) is 0 Å². The molecule has 0 atom stereocenters. The number of carbonyl (C=O) groups is 1. The van der Waals surface area contributed by atoms with E-state index in [-0.39, 0.29) is 18.2 Å². The van der Waals surface area contributed by atoms with Crippen molar-refractivity contribution in [1.29, 1.82) is 0 Å². The molecule has 0 bridgehead atoms. The van der Waals surface area contributed by atoms with E-state index in [0.29, 0.717) is 28.3 Å². The molecule has 146 valence electrons. The fourth-order valence-corrected chi connectivity index (χ4v) is 2.82. The van der Waals surface area contributed by atoms with Crippen molar-refractivity contribution < 1.29 is 9.53 Å². The molecule has 0 aliphatic carbocycles. The molecule has 4 rings (SSSR count). The summed E-state index contributed by atoms with van der Waals surface area (Å²) in [6.07, 6.45) is 1.46. The van der Waals surface area contributed by atoms with Crippen LogP contribution in [0.1, 0.15) is 29.9 Å². The summed E-state index contributed by atoms with van der Waals surface area (Å²) in [6.45, 7) is 3.78. The van der Waals surface area contributed by atoms with Crippen LogP contribution in [0.25, 0.3) is 17.0 Å². The lowest BCUT2D eigenvalue weighted by atomic mass is 10.1. The molecular formula is C20H18N6O3. The summed E-state index contributed by atoms with van der Waals surface area (Å²) in [7, 11) is 0. The van der Waals surface area contributed by atoms with Crippen LogP contribution in [0.3, 0.4) is 0 Å². The second kappa shape index (κ2) is 7.63. The van der Waals surface area contributed by atoms with Crippen LogP contribution >= 0.6 is 0 Å². The van der Waals surface area contributed by atoms with Crippen LogP contribution < -0.4 is 5.56 Å². The molecule has 0 N–H and O–H groups in total. The number of carbonyl (C=O) groups excluding carboxylic acids is 1. The van der Waals surface area contributed by atoms with E-state index >= 15 is 0 Å². The lowest BCUT2D eigenvalue weighted by molar-refractivity contribution is 0.0378. The highest BCUT2D eigenvalue weighted by Gasteiger charge is 2.13. The van der Waals surface area contributed by atoms with Crippen molar-refractivity contribution in [1.82, 2.24) is 29.6 Å². The standard InChI is InChI=1S/C20H18N6O3/c1-13(2)29-20(28)15-7-5-6-14(10-15)19-22-24-26(23-19)12-16-11-18(27)25-9-4-3-8-17(25)21-16/h3-11,13H,12H2,1-2H3. The average Bonchev–Trinajstić information content (AvgIpc) is 3.16. The zero-order chi connectivity index (χ0) is 20.4. The van der Waals surface area contributed by atoms with E-state index in [9.17, 15) is 9.59 Å². The number of tetrazole rings is 1. The Kier molecular flexibility index (Phi) is 4.86. The monoisotopic (exact) mass is 390 g/mol. The summed E-state index contributed by atoms with van der Waals surface area (Å²) in [5.41, 5.74) is 1.95. The molecule has 1 aromatic carbocycles. The highest BCUT2D eigenvalue weighted by Crippen LogP contribution is 2.16. The number of pyridine rings is 1. The van der Waals surface area contributed by atoms with E-state index in [1.54, 1.807) is 56.4 Å². The third-order valence-electron chi connectivity index (χ3n) is 4.08. The molecule has 0 amide bonds. The maximum absolute atomic E-state index is 12.2. The van der Waals surface area contributed by atoms with Gasteiger partial charge >= 0.3 is 5.97 Å². The van der Waals surface area contributed by atoms with Gasteiger partial charge in [-0.25, -0.2) is 9.78 Å². The van der Waals surface area contributed by atoms with Crippen molar-refractivity contribution in [3.8, 4) is 11.4 Å². The number of benzene rings is 1. The molecule has 4 aromatic rings. The number of hydrogen-bond acceptors (Lipinski definition) is 7. The molecule has 0 spiro atoms. The minimum absolute atomic E-state index is 0.178. The zero-order valence-electron chi connectivity index (χ0n) is 15.9. The van der Waals surface area contributed by atoms with Gasteiger partial charge in [0.15, 0.2) is 0 Å². The first-order chi connectivity index (χ1) is 14.0. The maximum atomic E-state index is 12.2. The van der Waals surface area contributed by atoms with Gasteiger partial charge in [-0.1, -0.05) is 18.2 Å². The molecule has 0 aliphatic heterocycles. The van der Waals surface area contributed by atoms with Crippen LogP contribution in [0.2, 0.25) is 0 Å². The predicted octanol–water partition coefficient (Wildman–Crippen LogP) is 1.96.